The second-order valence-corrected chi connectivity index (χ2v) is 7.03. The molecule has 0 fully saturated rings. The number of hydrogen-bond donors (Lipinski definition) is 0. The zero-order valence-electron chi connectivity index (χ0n) is 13.6. The number of amides is 1. The van der Waals surface area contributed by atoms with Crippen molar-refractivity contribution < 1.29 is 4.79 Å². The molecule has 128 valence electrons. The third-order valence-corrected chi connectivity index (χ3v) is 5.20. The van der Waals surface area contributed by atoms with Gasteiger partial charge in [0.05, 0.1) is 0 Å². The summed E-state index contributed by atoms with van der Waals surface area (Å²) in [6, 6.07) is 9.26. The summed E-state index contributed by atoms with van der Waals surface area (Å²) < 4.78 is 4.08. The van der Waals surface area contributed by atoms with Crippen LogP contribution in [0.3, 0.4) is 0 Å². The van der Waals surface area contributed by atoms with Crippen LogP contribution in [-0.4, -0.2) is 27.1 Å². The summed E-state index contributed by atoms with van der Waals surface area (Å²) in [5, 5.41) is 0. The highest BCUT2D eigenvalue weighted by Gasteiger charge is 2.16. The Morgan fingerprint density at radius 3 is 2.80 bits per heavy atom. The van der Waals surface area contributed by atoms with Gasteiger partial charge in [0.1, 0.15) is 17.6 Å². The van der Waals surface area contributed by atoms with Crippen LogP contribution in [0.1, 0.15) is 0 Å². The van der Waals surface area contributed by atoms with Crippen molar-refractivity contribution in [2.45, 2.75) is 13.1 Å². The molecule has 6 nitrogen and oxygen atoms in total. The van der Waals surface area contributed by atoms with Gasteiger partial charge in [-0.15, -0.1) is 6.58 Å². The van der Waals surface area contributed by atoms with E-state index in [9.17, 15) is 9.59 Å². The Morgan fingerprint density at radius 2 is 2.12 bits per heavy atom. The van der Waals surface area contributed by atoms with Crippen LogP contribution in [0.2, 0.25) is 0 Å². The van der Waals surface area contributed by atoms with Gasteiger partial charge in [0.15, 0.2) is 9.60 Å². The number of anilines is 1. The summed E-state index contributed by atoms with van der Waals surface area (Å²) in [7, 11) is 1.68. The Bertz CT molecular complexity index is 1050. The summed E-state index contributed by atoms with van der Waals surface area (Å²) in [5.41, 5.74) is 1.03. The normalized spacial score (nSPS) is 10.8. The third-order valence-electron chi connectivity index (χ3n) is 3.78. The van der Waals surface area contributed by atoms with E-state index in [1.807, 2.05) is 30.3 Å². The van der Waals surface area contributed by atoms with Gasteiger partial charge >= 0.3 is 0 Å². The molecule has 0 aliphatic rings. The van der Waals surface area contributed by atoms with E-state index >= 15 is 0 Å². The second kappa shape index (κ2) is 7.12. The number of fused-ring (bicyclic) bond motifs is 1. The Balaban J connectivity index is 1.93. The van der Waals surface area contributed by atoms with Crippen LogP contribution < -0.4 is 10.5 Å². The molecule has 8 heteroatoms. The van der Waals surface area contributed by atoms with Crippen molar-refractivity contribution in [1.29, 1.82) is 0 Å². The predicted octanol–water partition coefficient (Wildman–Crippen LogP) is 2.84. The fraction of sp³-hybridized carbons (Fsp3) is 0.176. The molecule has 3 aromatic rings. The maximum Gasteiger partial charge on any atom is 0.273 e. The van der Waals surface area contributed by atoms with E-state index in [1.54, 1.807) is 17.7 Å². The highest BCUT2D eigenvalue weighted by atomic mass is 32.1. The Hall–Kier alpha value is -2.58. The van der Waals surface area contributed by atoms with Crippen LogP contribution in [0.15, 0.2) is 54.1 Å². The number of para-hydroxylation sites is 1. The molecule has 0 saturated carbocycles. The number of hydrogen-bond acceptors (Lipinski definition) is 5. The lowest BCUT2D eigenvalue weighted by Crippen LogP contribution is -2.33. The van der Waals surface area contributed by atoms with Gasteiger partial charge in [-0.05, 0) is 24.4 Å². The molecule has 2 heterocycles. The summed E-state index contributed by atoms with van der Waals surface area (Å²) in [5.74, 6) is -0.205. The minimum absolute atomic E-state index is 0.0840. The topological polar surface area (TPSA) is 60.1 Å². The summed E-state index contributed by atoms with van der Waals surface area (Å²) in [6.07, 6.45) is 3.09. The number of nitrogens with zero attached hydrogens (tertiary/aromatic N) is 4. The van der Waals surface area contributed by atoms with Gasteiger partial charge in [-0.1, -0.05) is 35.6 Å². The molecule has 0 radical (unpaired) electrons. The lowest BCUT2D eigenvalue weighted by atomic mass is 10.3. The molecular formula is C17H16N4O2S2. The largest absolute Gasteiger partial charge is 0.314 e. The SMILES string of the molecule is C=CCn1c(=S)sc2c(=O)n(CC(=O)N(C)c3ccccc3)cnc21. The summed E-state index contributed by atoms with van der Waals surface area (Å²) in [6.45, 7) is 4.09. The smallest absolute Gasteiger partial charge is 0.273 e. The van der Waals surface area contributed by atoms with Gasteiger partial charge in [-0.3, -0.25) is 14.2 Å². The van der Waals surface area contributed by atoms with Crippen LogP contribution in [0.25, 0.3) is 10.3 Å². The van der Waals surface area contributed by atoms with Crippen LogP contribution >= 0.6 is 23.6 Å². The van der Waals surface area contributed by atoms with Crippen molar-refractivity contribution in [2.75, 3.05) is 11.9 Å². The van der Waals surface area contributed by atoms with Crippen molar-refractivity contribution >= 4 is 45.5 Å². The van der Waals surface area contributed by atoms with Gasteiger partial charge in [0.2, 0.25) is 5.91 Å². The molecule has 1 amide bonds. The fourth-order valence-electron chi connectivity index (χ4n) is 2.42. The van der Waals surface area contributed by atoms with Gasteiger partial charge in [-0.25, -0.2) is 4.98 Å². The van der Waals surface area contributed by atoms with E-state index in [0.717, 1.165) is 5.69 Å². The van der Waals surface area contributed by atoms with Gasteiger partial charge in [-0.2, -0.15) is 0 Å². The predicted molar refractivity (Wildman–Crippen MR) is 103 cm³/mol. The van der Waals surface area contributed by atoms with Crippen molar-refractivity contribution in [1.82, 2.24) is 14.1 Å². The molecule has 0 N–H and O–H groups in total. The number of benzene rings is 1. The number of carbonyl (C=O) groups excluding carboxylic acids is 1. The van der Waals surface area contributed by atoms with E-state index in [-0.39, 0.29) is 18.0 Å². The minimum Gasteiger partial charge on any atom is -0.314 e. The van der Waals surface area contributed by atoms with Crippen molar-refractivity contribution in [3.63, 3.8) is 0 Å². The Morgan fingerprint density at radius 1 is 1.40 bits per heavy atom. The zero-order chi connectivity index (χ0) is 18.0. The molecule has 3 rings (SSSR count). The number of rotatable bonds is 5. The molecule has 25 heavy (non-hydrogen) atoms. The average molecular weight is 372 g/mol. The van der Waals surface area contributed by atoms with E-state index in [1.165, 1.54) is 27.1 Å². The third kappa shape index (κ3) is 3.31. The van der Waals surface area contributed by atoms with Crippen molar-refractivity contribution in [3.8, 4) is 0 Å². The van der Waals surface area contributed by atoms with E-state index in [0.29, 0.717) is 20.8 Å². The van der Waals surface area contributed by atoms with Gasteiger partial charge in [0.25, 0.3) is 5.56 Å². The van der Waals surface area contributed by atoms with Crippen LogP contribution in [-0.2, 0) is 17.9 Å². The first-order valence-corrected chi connectivity index (χ1v) is 8.76. The average Bonchev–Trinajstić information content (AvgIpc) is 2.94. The molecule has 0 bridgehead atoms. The maximum absolute atomic E-state index is 12.7. The highest BCUT2D eigenvalue weighted by molar-refractivity contribution is 7.73. The molecule has 0 unspecified atom stereocenters. The minimum atomic E-state index is -0.265. The standard InChI is InChI=1S/C17H16N4O2S2/c1-3-9-21-15-14(25-17(21)24)16(23)20(11-18-15)10-13(22)19(2)12-7-5-4-6-8-12/h3-8,11H,1,9-10H2,2H3. The first-order chi connectivity index (χ1) is 12.0. The molecule has 2 aromatic heterocycles. The molecule has 0 aliphatic heterocycles. The maximum atomic E-state index is 12.7. The number of allylic oxidation sites excluding steroid dienone is 1. The molecule has 1 aromatic carbocycles. The van der Waals surface area contributed by atoms with Crippen LogP contribution in [0.5, 0.6) is 0 Å². The Kier molecular flexibility index (Phi) is 4.91. The number of thiazole rings is 1. The van der Waals surface area contributed by atoms with E-state index in [2.05, 4.69) is 11.6 Å². The van der Waals surface area contributed by atoms with Crippen LogP contribution in [0, 0.1) is 3.95 Å². The molecule has 0 saturated heterocycles. The summed E-state index contributed by atoms with van der Waals surface area (Å²) in [4.78, 5) is 31.0. The summed E-state index contributed by atoms with van der Waals surface area (Å²) >= 11 is 6.49. The van der Waals surface area contributed by atoms with Gasteiger partial charge < -0.3 is 9.47 Å². The van der Waals surface area contributed by atoms with Crippen LogP contribution in [0.4, 0.5) is 5.69 Å². The molecule has 0 spiro atoms. The lowest BCUT2D eigenvalue weighted by Gasteiger charge is -2.17. The van der Waals surface area contributed by atoms with Crippen molar-refractivity contribution in [3.05, 3.63) is 63.6 Å². The monoisotopic (exact) mass is 372 g/mol. The van der Waals surface area contributed by atoms with Crippen molar-refractivity contribution in [2.24, 2.45) is 0 Å². The Labute approximate surface area is 153 Å². The first kappa shape index (κ1) is 17.2. The van der Waals surface area contributed by atoms with E-state index in [4.69, 9.17) is 12.2 Å². The molecular weight excluding hydrogens is 356 g/mol. The lowest BCUT2D eigenvalue weighted by molar-refractivity contribution is -0.118. The number of carbonyl (C=O) groups is 1. The fourth-order valence-corrected chi connectivity index (χ4v) is 3.74. The quantitative estimate of drug-likeness (QED) is 0.510. The highest BCUT2D eigenvalue weighted by Crippen LogP contribution is 2.18. The first-order valence-electron chi connectivity index (χ1n) is 7.54. The number of aromatic nitrogens is 3. The van der Waals surface area contributed by atoms with E-state index < -0.39 is 0 Å². The van der Waals surface area contributed by atoms with Gasteiger partial charge in [0, 0.05) is 19.3 Å². The zero-order valence-corrected chi connectivity index (χ0v) is 15.2. The molecule has 0 aliphatic carbocycles. The second-order valence-electron chi connectivity index (χ2n) is 5.39. The molecule has 0 atom stereocenters. The number of likely N-dealkylation sites (N-methyl/N-ethyl adjacent to an activating group) is 1.